The van der Waals surface area contributed by atoms with Gasteiger partial charge in [-0.25, -0.2) is 4.99 Å². The van der Waals surface area contributed by atoms with Gasteiger partial charge in [-0.15, -0.1) is 0 Å². The summed E-state index contributed by atoms with van der Waals surface area (Å²) in [5.74, 6) is 0.665. The van der Waals surface area contributed by atoms with Crippen LogP contribution in [0.5, 0.6) is 5.75 Å². The molecule has 1 aliphatic heterocycles. The highest BCUT2D eigenvalue weighted by Crippen LogP contribution is 2.38. The van der Waals surface area contributed by atoms with E-state index < -0.39 is 0 Å². The van der Waals surface area contributed by atoms with Crippen LogP contribution in [0.1, 0.15) is 30.5 Å². The number of carbonyl (C=O) groups excluding carboxylic acids is 1. The maximum Gasteiger partial charge on any atom is 0.271 e. The first-order valence-electron chi connectivity index (χ1n) is 10.9. The summed E-state index contributed by atoms with van der Waals surface area (Å²) in [6, 6.07) is 22.0. The van der Waals surface area contributed by atoms with Crippen LogP contribution in [0.25, 0.3) is 6.08 Å². The van der Waals surface area contributed by atoms with E-state index in [1.807, 2.05) is 48.5 Å². The largest absolute Gasteiger partial charge is 0.496 e. The van der Waals surface area contributed by atoms with E-state index in [4.69, 9.17) is 9.73 Å². The van der Waals surface area contributed by atoms with Crippen LogP contribution in [-0.4, -0.2) is 18.2 Å². The van der Waals surface area contributed by atoms with Gasteiger partial charge in [0.15, 0.2) is 5.17 Å². The first-order chi connectivity index (χ1) is 16.0. The molecular formula is C27H25BrN2O2S. The highest BCUT2D eigenvalue weighted by atomic mass is 79.9. The Morgan fingerprint density at radius 1 is 0.970 bits per heavy atom. The van der Waals surface area contributed by atoms with Crippen molar-refractivity contribution in [1.29, 1.82) is 0 Å². The molecule has 3 aromatic rings. The number of hydrogen-bond acceptors (Lipinski definition) is 4. The highest BCUT2D eigenvalue weighted by Gasteiger charge is 2.34. The quantitative estimate of drug-likeness (QED) is 0.318. The first-order valence-corrected chi connectivity index (χ1v) is 12.5. The molecule has 33 heavy (non-hydrogen) atoms. The number of thioether (sulfide) groups is 1. The lowest BCUT2D eigenvalue weighted by atomic mass is 10.1. The molecule has 4 rings (SSSR count). The number of aryl methyl sites for hydroxylation is 2. The van der Waals surface area contributed by atoms with E-state index in [1.54, 1.807) is 12.0 Å². The maximum atomic E-state index is 13.5. The molecule has 1 aliphatic rings. The van der Waals surface area contributed by atoms with Gasteiger partial charge in [-0.1, -0.05) is 44.2 Å². The minimum Gasteiger partial charge on any atom is -0.496 e. The number of anilines is 1. The second-order valence-electron chi connectivity index (χ2n) is 7.58. The smallest absolute Gasteiger partial charge is 0.271 e. The van der Waals surface area contributed by atoms with Crippen LogP contribution in [0.15, 0.2) is 81.1 Å². The van der Waals surface area contributed by atoms with Crippen molar-refractivity contribution in [2.75, 3.05) is 12.0 Å². The van der Waals surface area contributed by atoms with Gasteiger partial charge in [0.25, 0.3) is 5.91 Å². The van der Waals surface area contributed by atoms with Crippen molar-refractivity contribution in [3.63, 3.8) is 0 Å². The number of benzene rings is 3. The average molecular weight is 521 g/mol. The SMILES string of the molecule is CCc1ccc(N=C2S/C(=C\c3ccc(OC)c(Br)c3)C(=O)N2c2ccc(CC)cc2)cc1. The Morgan fingerprint density at radius 3 is 2.18 bits per heavy atom. The Kier molecular flexibility index (Phi) is 7.36. The fourth-order valence-corrected chi connectivity index (χ4v) is 5.06. The van der Waals surface area contributed by atoms with E-state index in [9.17, 15) is 4.79 Å². The van der Waals surface area contributed by atoms with Crippen LogP contribution in [0.2, 0.25) is 0 Å². The number of hydrogen-bond donors (Lipinski definition) is 0. The summed E-state index contributed by atoms with van der Waals surface area (Å²) in [6.07, 6.45) is 3.82. The molecule has 1 amide bonds. The Balaban J connectivity index is 1.74. The molecule has 0 unspecified atom stereocenters. The number of amidine groups is 1. The summed E-state index contributed by atoms with van der Waals surface area (Å²) >= 11 is 4.91. The van der Waals surface area contributed by atoms with Crippen molar-refractivity contribution in [2.45, 2.75) is 26.7 Å². The van der Waals surface area contributed by atoms with E-state index in [-0.39, 0.29) is 5.91 Å². The van der Waals surface area contributed by atoms with Crippen molar-refractivity contribution in [1.82, 2.24) is 0 Å². The molecule has 0 radical (unpaired) electrons. The number of nitrogens with zero attached hydrogens (tertiary/aromatic N) is 2. The number of ether oxygens (including phenoxy) is 1. The number of halogens is 1. The first kappa shape index (κ1) is 23.3. The Morgan fingerprint density at radius 2 is 1.61 bits per heavy atom. The molecule has 0 spiro atoms. The Bertz CT molecular complexity index is 1220. The van der Waals surface area contributed by atoms with Gasteiger partial charge >= 0.3 is 0 Å². The van der Waals surface area contributed by atoms with E-state index in [2.05, 4.69) is 54.0 Å². The normalized spacial score (nSPS) is 16.1. The van der Waals surface area contributed by atoms with Crippen LogP contribution >= 0.6 is 27.7 Å². The molecule has 0 atom stereocenters. The molecule has 168 valence electrons. The Labute approximate surface area is 207 Å². The lowest BCUT2D eigenvalue weighted by Gasteiger charge is -2.16. The number of methoxy groups -OCH3 is 1. The number of aliphatic imine (C=N–C) groups is 1. The lowest BCUT2D eigenvalue weighted by Crippen LogP contribution is -2.28. The van der Waals surface area contributed by atoms with Crippen LogP contribution in [0.3, 0.4) is 0 Å². The third-order valence-electron chi connectivity index (χ3n) is 5.45. The number of carbonyl (C=O) groups is 1. The summed E-state index contributed by atoms with van der Waals surface area (Å²) in [5.41, 5.74) is 5.03. The summed E-state index contributed by atoms with van der Waals surface area (Å²) in [7, 11) is 1.63. The van der Waals surface area contributed by atoms with E-state index in [0.29, 0.717) is 10.1 Å². The van der Waals surface area contributed by atoms with Gasteiger partial charge < -0.3 is 4.74 Å². The van der Waals surface area contributed by atoms with Gasteiger partial charge in [0.2, 0.25) is 0 Å². The number of amides is 1. The second-order valence-corrected chi connectivity index (χ2v) is 9.44. The van der Waals surface area contributed by atoms with Crippen molar-refractivity contribution in [2.24, 2.45) is 4.99 Å². The fourth-order valence-electron chi connectivity index (χ4n) is 3.50. The van der Waals surface area contributed by atoms with Gasteiger partial charge in [-0.3, -0.25) is 9.69 Å². The molecule has 4 nitrogen and oxygen atoms in total. The van der Waals surface area contributed by atoms with Gasteiger partial charge in [0, 0.05) is 0 Å². The zero-order chi connectivity index (χ0) is 23.4. The minimum atomic E-state index is -0.0832. The predicted octanol–water partition coefficient (Wildman–Crippen LogP) is 7.39. The predicted molar refractivity (Wildman–Crippen MR) is 142 cm³/mol. The van der Waals surface area contributed by atoms with Gasteiger partial charge in [0.1, 0.15) is 5.75 Å². The lowest BCUT2D eigenvalue weighted by molar-refractivity contribution is -0.113. The molecule has 0 bridgehead atoms. The average Bonchev–Trinajstić information content (AvgIpc) is 3.14. The minimum absolute atomic E-state index is 0.0832. The second kappa shape index (κ2) is 10.4. The van der Waals surface area contributed by atoms with Crippen molar-refractivity contribution in [3.05, 3.63) is 92.8 Å². The molecule has 3 aromatic carbocycles. The standard InChI is InChI=1S/C27H25BrN2O2S/c1-4-18-6-11-21(12-7-18)29-27-30(22-13-8-19(5-2)9-14-22)26(31)25(33-27)17-20-10-15-24(32-3)23(28)16-20/h6-17H,4-5H2,1-3H3/b25-17-,29-27?. The molecule has 0 aromatic heterocycles. The van der Waals surface area contributed by atoms with Gasteiger partial charge in [-0.05, 0) is 99.7 Å². The molecular weight excluding hydrogens is 496 g/mol. The summed E-state index contributed by atoms with van der Waals surface area (Å²) < 4.78 is 6.16. The third-order valence-corrected chi connectivity index (χ3v) is 7.04. The topological polar surface area (TPSA) is 41.9 Å². The molecule has 0 saturated carbocycles. The molecule has 1 fully saturated rings. The molecule has 6 heteroatoms. The zero-order valence-corrected chi connectivity index (χ0v) is 21.2. The third kappa shape index (κ3) is 5.23. The summed E-state index contributed by atoms with van der Waals surface area (Å²) in [4.78, 5) is 20.6. The van der Waals surface area contributed by atoms with E-state index >= 15 is 0 Å². The van der Waals surface area contributed by atoms with Crippen molar-refractivity contribution in [3.8, 4) is 5.75 Å². The van der Waals surface area contributed by atoms with Crippen LogP contribution < -0.4 is 9.64 Å². The van der Waals surface area contributed by atoms with E-state index in [1.165, 1.54) is 22.9 Å². The summed E-state index contributed by atoms with van der Waals surface area (Å²) in [6.45, 7) is 4.25. The molecule has 1 saturated heterocycles. The van der Waals surface area contributed by atoms with E-state index in [0.717, 1.165) is 40.0 Å². The fraction of sp³-hybridized carbons (Fsp3) is 0.185. The summed E-state index contributed by atoms with van der Waals surface area (Å²) in [5, 5.41) is 0.646. The van der Waals surface area contributed by atoms with Crippen molar-refractivity contribution < 1.29 is 9.53 Å². The van der Waals surface area contributed by atoms with Gasteiger partial charge in [-0.2, -0.15) is 0 Å². The molecule has 0 N–H and O–H groups in total. The van der Waals surface area contributed by atoms with Crippen molar-refractivity contribution >= 4 is 56.2 Å². The number of rotatable bonds is 6. The van der Waals surface area contributed by atoms with Crippen LogP contribution in [-0.2, 0) is 17.6 Å². The zero-order valence-electron chi connectivity index (χ0n) is 18.8. The molecule has 1 heterocycles. The maximum absolute atomic E-state index is 13.5. The Hall–Kier alpha value is -2.83. The monoisotopic (exact) mass is 520 g/mol. The van der Waals surface area contributed by atoms with Crippen LogP contribution in [0.4, 0.5) is 11.4 Å². The van der Waals surface area contributed by atoms with Gasteiger partial charge in [0.05, 0.1) is 27.9 Å². The molecule has 0 aliphatic carbocycles. The van der Waals surface area contributed by atoms with Crippen LogP contribution in [0, 0.1) is 0 Å². The highest BCUT2D eigenvalue weighted by molar-refractivity contribution is 9.10.